The monoisotopic (exact) mass is 505 g/mol. The fraction of sp³-hybridized carbons (Fsp3) is 0.333. The van der Waals surface area contributed by atoms with Crippen molar-refractivity contribution in [3.8, 4) is 28.6 Å². The fourth-order valence-corrected chi connectivity index (χ4v) is 4.28. The number of amides is 1. The number of para-hydroxylation sites is 1. The Labute approximate surface area is 215 Å². The van der Waals surface area contributed by atoms with Crippen LogP contribution in [0.15, 0.2) is 54.6 Å². The Morgan fingerprint density at radius 1 is 1.16 bits per heavy atom. The van der Waals surface area contributed by atoms with E-state index in [1.165, 1.54) is 5.56 Å². The van der Waals surface area contributed by atoms with E-state index in [4.69, 9.17) is 24.7 Å². The number of ether oxygens (including phenoxy) is 4. The van der Waals surface area contributed by atoms with Crippen LogP contribution in [-0.2, 0) is 16.1 Å². The maximum Gasteiger partial charge on any atom is 0.262 e. The van der Waals surface area contributed by atoms with Gasteiger partial charge < -0.3 is 40.6 Å². The number of carbonyl (C=O) groups excluding carboxylic acids is 1. The van der Waals surface area contributed by atoms with Crippen LogP contribution < -0.4 is 35.9 Å². The third-order valence-electron chi connectivity index (χ3n) is 6.23. The molecule has 0 radical (unpaired) electrons. The van der Waals surface area contributed by atoms with Gasteiger partial charge in [0.15, 0.2) is 11.5 Å². The first kappa shape index (κ1) is 24.8. The van der Waals surface area contributed by atoms with Crippen LogP contribution in [0.4, 0.5) is 11.4 Å². The number of primary amides is 1. The van der Waals surface area contributed by atoms with Gasteiger partial charge >= 0.3 is 0 Å². The molecule has 2 atom stereocenters. The van der Waals surface area contributed by atoms with Crippen molar-refractivity contribution in [3.63, 3.8) is 0 Å². The summed E-state index contributed by atoms with van der Waals surface area (Å²) < 4.78 is 22.6. The molecule has 5 N–H and O–H groups in total. The van der Waals surface area contributed by atoms with Gasteiger partial charge in [-0.15, -0.1) is 0 Å². The Bertz CT molecular complexity index is 1230. The molecule has 1 saturated heterocycles. The van der Waals surface area contributed by atoms with E-state index in [0.29, 0.717) is 34.7 Å². The highest BCUT2D eigenvalue weighted by molar-refractivity contribution is 5.81. The van der Waals surface area contributed by atoms with Crippen molar-refractivity contribution in [2.75, 3.05) is 45.3 Å². The maximum atomic E-state index is 11.6. The van der Waals surface area contributed by atoms with Crippen LogP contribution in [0.2, 0.25) is 0 Å². The molecule has 10 heteroatoms. The number of pyridine rings is 1. The number of nitrogens with zero attached hydrogens (tertiary/aromatic N) is 1. The molecule has 2 aromatic carbocycles. The molecule has 2 aliphatic heterocycles. The van der Waals surface area contributed by atoms with Gasteiger partial charge in [0.1, 0.15) is 12.3 Å². The third kappa shape index (κ3) is 5.93. The zero-order chi connectivity index (χ0) is 25.6. The number of anilines is 2. The molecule has 0 bridgehead atoms. The molecule has 0 spiro atoms. The van der Waals surface area contributed by atoms with Gasteiger partial charge in [0.2, 0.25) is 12.0 Å². The summed E-state index contributed by atoms with van der Waals surface area (Å²) >= 11 is 0. The van der Waals surface area contributed by atoms with E-state index < -0.39 is 12.0 Å². The standard InChI is InChI=1S/C27H31N5O5/c1-34-27-22(31-18-7-5-17(6-8-18)13-29-14-19-15-35-12-11-30-19)10-9-21(32-27)20-3-2-4-23-25(20)37-24(16-36-23)26(28)33/h2-10,19,24,29-31H,11-16H2,1H3,(H2,28,33). The van der Waals surface area contributed by atoms with Crippen LogP contribution in [0.1, 0.15) is 5.56 Å². The van der Waals surface area contributed by atoms with Crippen molar-refractivity contribution >= 4 is 17.3 Å². The molecule has 3 heterocycles. The Kier molecular flexibility index (Phi) is 7.69. The van der Waals surface area contributed by atoms with E-state index in [1.54, 1.807) is 13.2 Å². The fourth-order valence-electron chi connectivity index (χ4n) is 4.28. The number of nitrogens with two attached hydrogens (primary N) is 1. The second-order valence-corrected chi connectivity index (χ2v) is 8.88. The van der Waals surface area contributed by atoms with Crippen LogP contribution in [0, 0.1) is 0 Å². The highest BCUT2D eigenvalue weighted by Crippen LogP contribution is 2.41. The molecule has 37 heavy (non-hydrogen) atoms. The lowest BCUT2D eigenvalue weighted by Crippen LogP contribution is -2.47. The van der Waals surface area contributed by atoms with Crippen molar-refractivity contribution in [1.82, 2.24) is 15.6 Å². The number of carbonyl (C=O) groups is 1. The SMILES string of the molecule is COc1nc(-c2cccc3c2OC(C(N)=O)CO3)ccc1Nc1ccc(CNCC2COCCN2)cc1. The molecule has 1 aromatic heterocycles. The lowest BCUT2D eigenvalue weighted by Gasteiger charge is -2.26. The average Bonchev–Trinajstić information content (AvgIpc) is 2.94. The topological polar surface area (TPSA) is 129 Å². The lowest BCUT2D eigenvalue weighted by molar-refractivity contribution is -0.126. The summed E-state index contributed by atoms with van der Waals surface area (Å²) in [5.41, 5.74) is 9.54. The summed E-state index contributed by atoms with van der Waals surface area (Å²) in [5, 5.41) is 10.3. The molecule has 0 aliphatic carbocycles. The van der Waals surface area contributed by atoms with Gasteiger partial charge in [0.05, 0.1) is 26.0 Å². The maximum absolute atomic E-state index is 11.6. The summed E-state index contributed by atoms with van der Waals surface area (Å²) in [6.07, 6.45) is -0.854. The zero-order valence-corrected chi connectivity index (χ0v) is 20.7. The highest BCUT2D eigenvalue weighted by atomic mass is 16.6. The van der Waals surface area contributed by atoms with Gasteiger partial charge in [0.25, 0.3) is 5.91 Å². The number of methoxy groups -OCH3 is 1. The second kappa shape index (κ2) is 11.5. The number of aromatic nitrogens is 1. The predicted octanol–water partition coefficient (Wildman–Crippen LogP) is 2.20. The van der Waals surface area contributed by atoms with E-state index in [2.05, 4.69) is 33.1 Å². The number of nitrogens with one attached hydrogen (secondary N) is 3. The normalized spacial score (nSPS) is 18.7. The number of benzene rings is 2. The predicted molar refractivity (Wildman–Crippen MR) is 139 cm³/mol. The largest absolute Gasteiger partial charge is 0.485 e. The van der Waals surface area contributed by atoms with E-state index in [0.717, 1.165) is 44.2 Å². The molecule has 1 amide bonds. The van der Waals surface area contributed by atoms with Gasteiger partial charge in [-0.05, 0) is 42.0 Å². The molecule has 10 nitrogen and oxygen atoms in total. The van der Waals surface area contributed by atoms with Gasteiger partial charge in [0, 0.05) is 36.9 Å². The van der Waals surface area contributed by atoms with Crippen LogP contribution in [-0.4, -0.2) is 63.1 Å². The summed E-state index contributed by atoms with van der Waals surface area (Å²) in [4.78, 5) is 16.3. The number of fused-ring (bicyclic) bond motifs is 1. The summed E-state index contributed by atoms with van der Waals surface area (Å²) in [6.45, 7) is 4.14. The Balaban J connectivity index is 1.26. The number of rotatable bonds is 9. The minimum absolute atomic E-state index is 0.0763. The van der Waals surface area contributed by atoms with Gasteiger partial charge in [-0.1, -0.05) is 18.2 Å². The second-order valence-electron chi connectivity index (χ2n) is 8.88. The van der Waals surface area contributed by atoms with Gasteiger partial charge in [-0.2, -0.15) is 0 Å². The van der Waals surface area contributed by atoms with Crippen LogP contribution in [0.25, 0.3) is 11.3 Å². The van der Waals surface area contributed by atoms with Crippen molar-refractivity contribution in [2.24, 2.45) is 5.73 Å². The summed E-state index contributed by atoms with van der Waals surface area (Å²) in [5.74, 6) is 0.814. The van der Waals surface area contributed by atoms with Crippen LogP contribution in [0.5, 0.6) is 17.4 Å². The first-order valence-corrected chi connectivity index (χ1v) is 12.3. The van der Waals surface area contributed by atoms with E-state index in [-0.39, 0.29) is 6.61 Å². The first-order chi connectivity index (χ1) is 18.1. The molecular formula is C27H31N5O5. The van der Waals surface area contributed by atoms with Crippen molar-refractivity contribution in [1.29, 1.82) is 0 Å². The minimum Gasteiger partial charge on any atom is -0.485 e. The smallest absolute Gasteiger partial charge is 0.262 e. The number of hydrogen-bond donors (Lipinski definition) is 4. The van der Waals surface area contributed by atoms with Crippen molar-refractivity contribution < 1.29 is 23.7 Å². The molecule has 194 valence electrons. The highest BCUT2D eigenvalue weighted by Gasteiger charge is 2.28. The Morgan fingerprint density at radius 3 is 2.78 bits per heavy atom. The van der Waals surface area contributed by atoms with E-state index >= 15 is 0 Å². The zero-order valence-electron chi connectivity index (χ0n) is 20.7. The van der Waals surface area contributed by atoms with Gasteiger partial charge in [-0.3, -0.25) is 4.79 Å². The number of morpholine rings is 1. The first-order valence-electron chi connectivity index (χ1n) is 12.3. The Hall–Kier alpha value is -3.86. The van der Waals surface area contributed by atoms with E-state index in [9.17, 15) is 4.79 Å². The summed E-state index contributed by atoms with van der Waals surface area (Å²) in [7, 11) is 1.57. The molecule has 0 saturated carbocycles. The molecule has 2 aliphatic rings. The van der Waals surface area contributed by atoms with Crippen molar-refractivity contribution in [2.45, 2.75) is 18.7 Å². The third-order valence-corrected chi connectivity index (χ3v) is 6.23. The molecular weight excluding hydrogens is 474 g/mol. The lowest BCUT2D eigenvalue weighted by atomic mass is 10.1. The molecule has 1 fully saturated rings. The summed E-state index contributed by atoms with van der Waals surface area (Å²) in [6, 6.07) is 17.8. The molecule has 3 aromatic rings. The Morgan fingerprint density at radius 2 is 2.03 bits per heavy atom. The van der Waals surface area contributed by atoms with Crippen LogP contribution in [0.3, 0.4) is 0 Å². The number of hydrogen-bond acceptors (Lipinski definition) is 9. The van der Waals surface area contributed by atoms with E-state index in [1.807, 2.05) is 36.4 Å². The average molecular weight is 506 g/mol. The minimum atomic E-state index is -0.854. The van der Waals surface area contributed by atoms with Gasteiger partial charge in [-0.25, -0.2) is 4.98 Å². The van der Waals surface area contributed by atoms with Crippen LogP contribution >= 0.6 is 0 Å². The quantitative estimate of drug-likeness (QED) is 0.346. The van der Waals surface area contributed by atoms with Crippen molar-refractivity contribution in [3.05, 3.63) is 60.2 Å². The molecule has 2 unspecified atom stereocenters. The molecule has 5 rings (SSSR count).